The zero-order valence-electron chi connectivity index (χ0n) is 18.1. The summed E-state index contributed by atoms with van der Waals surface area (Å²) in [6.07, 6.45) is 4.02. The lowest BCUT2D eigenvalue weighted by molar-refractivity contribution is -0.111. The van der Waals surface area contributed by atoms with E-state index in [1.807, 2.05) is 18.2 Å². The summed E-state index contributed by atoms with van der Waals surface area (Å²) in [5.41, 5.74) is 8.31. The second-order valence-corrected chi connectivity index (χ2v) is 7.39. The van der Waals surface area contributed by atoms with Crippen LogP contribution in [0.3, 0.4) is 0 Å². The molecule has 0 aromatic heterocycles. The number of para-hydroxylation sites is 3. The van der Waals surface area contributed by atoms with E-state index in [0.717, 1.165) is 5.56 Å². The molecular weight excluding hydrogens is 418 g/mol. The van der Waals surface area contributed by atoms with E-state index < -0.39 is 12.2 Å². The Balaban J connectivity index is 1.53. The third kappa shape index (κ3) is 7.74. The Morgan fingerprint density at radius 2 is 1.64 bits per heavy atom. The van der Waals surface area contributed by atoms with Gasteiger partial charge in [-0.2, -0.15) is 0 Å². The van der Waals surface area contributed by atoms with E-state index in [2.05, 4.69) is 10.6 Å². The van der Waals surface area contributed by atoms with Crippen LogP contribution in [0.2, 0.25) is 0 Å². The van der Waals surface area contributed by atoms with Gasteiger partial charge in [-0.15, -0.1) is 0 Å². The number of phenols is 1. The number of nitrogens with two attached hydrogens (primary N) is 1. The Kier molecular flexibility index (Phi) is 8.48. The number of rotatable bonds is 9. The first-order chi connectivity index (χ1) is 16.0. The number of anilines is 3. The molecule has 33 heavy (non-hydrogen) atoms. The largest absolute Gasteiger partial charge is 0.508 e. The highest BCUT2D eigenvalue weighted by molar-refractivity contribution is 6.01. The third-order valence-corrected chi connectivity index (χ3v) is 4.86. The zero-order valence-corrected chi connectivity index (χ0v) is 18.1. The van der Waals surface area contributed by atoms with Gasteiger partial charge in [0.15, 0.2) is 0 Å². The highest BCUT2D eigenvalue weighted by atomic mass is 16.6. The van der Waals surface area contributed by atoms with Crippen molar-refractivity contribution in [3.63, 3.8) is 0 Å². The lowest BCUT2D eigenvalue weighted by atomic mass is 10.0. The lowest BCUT2D eigenvalue weighted by Gasteiger charge is -2.18. The molecule has 7 heteroatoms. The fourth-order valence-corrected chi connectivity index (χ4v) is 3.18. The summed E-state index contributed by atoms with van der Waals surface area (Å²) in [5, 5.41) is 15.0. The van der Waals surface area contributed by atoms with Crippen molar-refractivity contribution >= 4 is 29.1 Å². The summed E-state index contributed by atoms with van der Waals surface area (Å²) < 4.78 is 5.65. The van der Waals surface area contributed by atoms with E-state index in [0.29, 0.717) is 36.3 Å². The van der Waals surface area contributed by atoms with Crippen LogP contribution in [0.1, 0.15) is 30.9 Å². The van der Waals surface area contributed by atoms with Crippen molar-refractivity contribution in [2.24, 2.45) is 0 Å². The van der Waals surface area contributed by atoms with Crippen molar-refractivity contribution in [3.05, 3.63) is 96.6 Å². The highest BCUT2D eigenvalue weighted by Crippen LogP contribution is 2.26. The van der Waals surface area contributed by atoms with Gasteiger partial charge in [0.05, 0.1) is 11.4 Å². The van der Waals surface area contributed by atoms with Crippen LogP contribution in [0, 0.1) is 0 Å². The van der Waals surface area contributed by atoms with Gasteiger partial charge in [0.1, 0.15) is 11.9 Å². The summed E-state index contributed by atoms with van der Waals surface area (Å²) >= 11 is 0. The molecule has 0 heterocycles. The van der Waals surface area contributed by atoms with E-state index >= 15 is 0 Å². The number of nitrogen functional groups attached to an aromatic ring is 1. The number of allylic oxidation sites excluding steroid dienone is 1. The molecule has 0 unspecified atom stereocenters. The molecular formula is C26H27N3O4. The van der Waals surface area contributed by atoms with Crippen molar-refractivity contribution in [1.82, 2.24) is 0 Å². The number of amides is 2. The minimum Gasteiger partial charge on any atom is -0.508 e. The van der Waals surface area contributed by atoms with Crippen LogP contribution in [0.15, 0.2) is 91.0 Å². The van der Waals surface area contributed by atoms with Gasteiger partial charge in [-0.05, 0) is 67.3 Å². The zero-order chi connectivity index (χ0) is 23.5. The average molecular weight is 446 g/mol. The Hall–Kier alpha value is -4.26. The minimum absolute atomic E-state index is 0.138. The maximum atomic E-state index is 12.4. The van der Waals surface area contributed by atoms with E-state index in [9.17, 15) is 14.7 Å². The van der Waals surface area contributed by atoms with Crippen molar-refractivity contribution in [2.45, 2.75) is 25.4 Å². The summed E-state index contributed by atoms with van der Waals surface area (Å²) in [4.78, 5) is 24.5. The van der Waals surface area contributed by atoms with Gasteiger partial charge in [0.25, 0.3) is 0 Å². The van der Waals surface area contributed by atoms with Gasteiger partial charge in [-0.1, -0.05) is 48.5 Å². The Morgan fingerprint density at radius 1 is 0.939 bits per heavy atom. The van der Waals surface area contributed by atoms with E-state index in [-0.39, 0.29) is 11.7 Å². The maximum Gasteiger partial charge on any atom is 0.412 e. The van der Waals surface area contributed by atoms with Crippen molar-refractivity contribution < 1.29 is 19.4 Å². The number of ether oxygens (including phenoxy) is 1. The number of hydrogen-bond donors (Lipinski definition) is 4. The molecule has 3 rings (SSSR count). The van der Waals surface area contributed by atoms with Crippen molar-refractivity contribution in [3.8, 4) is 5.75 Å². The summed E-state index contributed by atoms with van der Waals surface area (Å²) in [6, 6.07) is 22.7. The molecule has 3 aromatic rings. The first-order valence-electron chi connectivity index (χ1n) is 10.6. The fraction of sp³-hybridized carbons (Fsp3) is 0.154. The second kappa shape index (κ2) is 12.0. The van der Waals surface area contributed by atoms with Crippen LogP contribution < -0.4 is 16.4 Å². The molecule has 0 saturated carbocycles. The standard InChI is InChI=1S/C26H27N3O4/c27-22-11-7-8-12-23(22)29-25(31)14-6-2-5-13-24(19-15-17-21(30)18-16-19)33-26(32)28-20-9-3-1-4-10-20/h1,3-4,6-12,14-18,24,30H,2,5,13,27H2,(H,28,32)(H,29,31)/b14-6+/t24-/m0/s1. The average Bonchev–Trinajstić information content (AvgIpc) is 2.81. The Labute approximate surface area is 192 Å². The van der Waals surface area contributed by atoms with E-state index in [1.165, 1.54) is 6.08 Å². The molecule has 5 N–H and O–H groups in total. The lowest BCUT2D eigenvalue weighted by Crippen LogP contribution is -2.17. The van der Waals surface area contributed by atoms with E-state index in [1.54, 1.807) is 66.7 Å². The molecule has 170 valence electrons. The predicted octanol–water partition coefficient (Wildman–Crippen LogP) is 5.63. The van der Waals surface area contributed by atoms with Gasteiger partial charge in [-0.25, -0.2) is 4.79 Å². The molecule has 3 aromatic carbocycles. The Morgan fingerprint density at radius 3 is 2.36 bits per heavy atom. The second-order valence-electron chi connectivity index (χ2n) is 7.39. The molecule has 0 saturated heterocycles. The summed E-state index contributed by atoms with van der Waals surface area (Å²) in [5.74, 6) is -0.124. The summed E-state index contributed by atoms with van der Waals surface area (Å²) in [6.45, 7) is 0. The SMILES string of the molecule is Nc1ccccc1NC(=O)/C=C/CCC[C@H](OC(=O)Nc1ccccc1)c1ccc(O)cc1. The Bertz CT molecular complexity index is 1080. The van der Waals surface area contributed by atoms with Gasteiger partial charge in [0, 0.05) is 5.69 Å². The molecule has 0 radical (unpaired) electrons. The van der Waals surface area contributed by atoms with Gasteiger partial charge >= 0.3 is 6.09 Å². The van der Waals surface area contributed by atoms with Crippen molar-refractivity contribution in [1.29, 1.82) is 0 Å². The fourth-order valence-electron chi connectivity index (χ4n) is 3.18. The first kappa shape index (κ1) is 23.4. The molecule has 0 fully saturated rings. The number of carbonyl (C=O) groups excluding carboxylic acids is 2. The normalized spacial score (nSPS) is 11.6. The topological polar surface area (TPSA) is 114 Å². The molecule has 0 aliphatic heterocycles. The number of carbonyl (C=O) groups is 2. The molecule has 0 bridgehead atoms. The van der Waals surface area contributed by atoms with Gasteiger partial charge < -0.3 is 20.9 Å². The quantitative estimate of drug-likeness (QED) is 0.194. The van der Waals surface area contributed by atoms with Crippen LogP contribution in [-0.2, 0) is 9.53 Å². The molecule has 7 nitrogen and oxygen atoms in total. The number of unbranched alkanes of at least 4 members (excludes halogenated alkanes) is 1. The minimum atomic E-state index is -0.561. The number of aromatic hydroxyl groups is 1. The number of phenolic OH excluding ortho intramolecular Hbond substituents is 1. The third-order valence-electron chi connectivity index (χ3n) is 4.86. The van der Waals surface area contributed by atoms with Crippen molar-refractivity contribution in [2.75, 3.05) is 16.4 Å². The van der Waals surface area contributed by atoms with Gasteiger partial charge in [-0.3, -0.25) is 10.1 Å². The molecule has 2 amide bonds. The smallest absolute Gasteiger partial charge is 0.412 e. The van der Waals surface area contributed by atoms with Crippen LogP contribution in [0.5, 0.6) is 5.75 Å². The maximum absolute atomic E-state index is 12.4. The van der Waals surface area contributed by atoms with Crippen LogP contribution >= 0.6 is 0 Å². The number of nitrogens with one attached hydrogen (secondary N) is 2. The van der Waals surface area contributed by atoms with E-state index in [4.69, 9.17) is 10.5 Å². The highest BCUT2D eigenvalue weighted by Gasteiger charge is 2.17. The monoisotopic (exact) mass is 445 g/mol. The summed E-state index contributed by atoms with van der Waals surface area (Å²) in [7, 11) is 0. The van der Waals surface area contributed by atoms with Crippen LogP contribution in [-0.4, -0.2) is 17.1 Å². The molecule has 1 atom stereocenters. The number of benzene rings is 3. The molecule has 0 aliphatic carbocycles. The predicted molar refractivity (Wildman–Crippen MR) is 130 cm³/mol. The molecule has 0 aliphatic rings. The molecule has 0 spiro atoms. The first-order valence-corrected chi connectivity index (χ1v) is 10.6. The van der Waals surface area contributed by atoms with Crippen LogP contribution in [0.4, 0.5) is 21.9 Å². The number of hydrogen-bond acceptors (Lipinski definition) is 5. The van der Waals surface area contributed by atoms with Crippen LogP contribution in [0.25, 0.3) is 0 Å². The van der Waals surface area contributed by atoms with Gasteiger partial charge in [0.2, 0.25) is 5.91 Å².